The molecule has 128 valence electrons. The Bertz CT molecular complexity index is 1070. The van der Waals surface area contributed by atoms with Gasteiger partial charge in [-0.2, -0.15) is 5.10 Å². The minimum atomic E-state index is -0.838. The highest BCUT2D eigenvalue weighted by Crippen LogP contribution is 2.34. The lowest BCUT2D eigenvalue weighted by Crippen LogP contribution is -2.14. The molecule has 0 fully saturated rings. The highest BCUT2D eigenvalue weighted by Gasteiger charge is 2.19. The summed E-state index contributed by atoms with van der Waals surface area (Å²) in [7, 11) is 1.96. The molecule has 0 atom stereocenters. The van der Waals surface area contributed by atoms with E-state index in [1.165, 1.54) is 5.56 Å². The maximum absolute atomic E-state index is 10.2. The van der Waals surface area contributed by atoms with E-state index in [0.29, 0.717) is 0 Å². The monoisotopic (exact) mass is 334 g/mol. The van der Waals surface area contributed by atoms with Crippen molar-refractivity contribution in [1.82, 2.24) is 19.7 Å². The Kier molecular flexibility index (Phi) is 3.44. The second kappa shape index (κ2) is 5.43. The molecule has 1 aromatic carbocycles. The fourth-order valence-corrected chi connectivity index (χ4v) is 3.51. The Morgan fingerprint density at radius 2 is 1.88 bits per heavy atom. The molecule has 0 saturated heterocycles. The van der Waals surface area contributed by atoms with Gasteiger partial charge in [0.2, 0.25) is 0 Å². The molecule has 0 aliphatic rings. The maximum atomic E-state index is 10.2. The van der Waals surface area contributed by atoms with Crippen LogP contribution >= 0.6 is 0 Å². The predicted octanol–water partition coefficient (Wildman–Crippen LogP) is 3.91. The van der Waals surface area contributed by atoms with Crippen molar-refractivity contribution < 1.29 is 5.11 Å². The van der Waals surface area contributed by atoms with Crippen molar-refractivity contribution in [3.8, 4) is 11.3 Å². The fraction of sp³-hybridized carbons (Fsp3) is 0.300. The van der Waals surface area contributed by atoms with Crippen molar-refractivity contribution in [1.29, 1.82) is 0 Å². The molecule has 0 unspecified atom stereocenters. The first-order valence-electron chi connectivity index (χ1n) is 8.54. The Morgan fingerprint density at radius 3 is 2.52 bits per heavy atom. The zero-order valence-electron chi connectivity index (χ0n) is 15.0. The normalized spacial score (nSPS) is 12.4. The van der Waals surface area contributed by atoms with E-state index in [1.54, 1.807) is 13.8 Å². The number of pyridine rings is 1. The Labute approximate surface area is 146 Å². The zero-order valence-corrected chi connectivity index (χ0v) is 15.0. The third-order valence-corrected chi connectivity index (χ3v) is 4.85. The van der Waals surface area contributed by atoms with Crippen LogP contribution in [0.1, 0.15) is 31.9 Å². The van der Waals surface area contributed by atoms with Gasteiger partial charge in [0.1, 0.15) is 5.65 Å². The summed E-state index contributed by atoms with van der Waals surface area (Å²) in [5.41, 5.74) is 5.48. The molecule has 0 amide bonds. The van der Waals surface area contributed by atoms with E-state index in [1.807, 2.05) is 36.3 Å². The molecule has 0 spiro atoms. The van der Waals surface area contributed by atoms with E-state index in [2.05, 4.69) is 34.1 Å². The number of aromatic nitrogens is 4. The fourth-order valence-electron chi connectivity index (χ4n) is 3.51. The number of fused-ring (bicyclic) bond motifs is 3. The molecule has 25 heavy (non-hydrogen) atoms. The number of aliphatic hydroxyl groups is 1. The average molecular weight is 334 g/mol. The van der Waals surface area contributed by atoms with Crippen LogP contribution in [0.15, 0.2) is 36.7 Å². The molecular weight excluding hydrogens is 312 g/mol. The molecule has 5 nitrogen and oxygen atoms in total. The molecule has 3 heterocycles. The number of nitrogens with zero attached hydrogens (tertiary/aromatic N) is 3. The molecular formula is C20H22N4O. The van der Waals surface area contributed by atoms with Gasteiger partial charge in [-0.15, -0.1) is 0 Å². The van der Waals surface area contributed by atoms with Crippen LogP contribution < -0.4 is 0 Å². The standard InChI is InChI=1S/C20H22N4O/c1-5-15-16-18-13(11-22-24(18)4)10-21-19(16)23-17(15)12-6-8-14(9-7-12)20(2,3)25/h6-11,25H,5H2,1-4H3,(H,21,23). The molecule has 0 radical (unpaired) electrons. The van der Waals surface area contributed by atoms with Gasteiger partial charge in [0.25, 0.3) is 0 Å². The lowest BCUT2D eigenvalue weighted by atomic mass is 9.95. The summed E-state index contributed by atoms with van der Waals surface area (Å²) < 4.78 is 1.91. The minimum absolute atomic E-state index is 0.838. The average Bonchev–Trinajstić information content (AvgIpc) is 3.14. The quantitative estimate of drug-likeness (QED) is 0.597. The maximum Gasteiger partial charge on any atom is 0.140 e. The van der Waals surface area contributed by atoms with Gasteiger partial charge in [-0.3, -0.25) is 4.68 Å². The summed E-state index contributed by atoms with van der Waals surface area (Å²) in [6.07, 6.45) is 4.61. The van der Waals surface area contributed by atoms with Crippen LogP contribution in [0.4, 0.5) is 0 Å². The number of aryl methyl sites for hydroxylation is 2. The van der Waals surface area contributed by atoms with E-state index in [0.717, 1.165) is 45.2 Å². The van der Waals surface area contributed by atoms with Crippen molar-refractivity contribution in [2.75, 3.05) is 0 Å². The number of H-pyrrole nitrogens is 1. The first-order chi connectivity index (χ1) is 11.9. The second-order valence-electron chi connectivity index (χ2n) is 7.02. The number of nitrogens with one attached hydrogen (secondary N) is 1. The van der Waals surface area contributed by atoms with Crippen LogP contribution in [0.5, 0.6) is 0 Å². The minimum Gasteiger partial charge on any atom is -0.386 e. The van der Waals surface area contributed by atoms with Crippen LogP contribution in [0.25, 0.3) is 33.2 Å². The summed E-state index contributed by atoms with van der Waals surface area (Å²) in [5.74, 6) is 0. The molecule has 0 saturated carbocycles. The van der Waals surface area contributed by atoms with Gasteiger partial charge < -0.3 is 10.1 Å². The molecule has 3 aromatic heterocycles. The Morgan fingerprint density at radius 1 is 1.16 bits per heavy atom. The van der Waals surface area contributed by atoms with Crippen molar-refractivity contribution in [3.05, 3.63) is 47.8 Å². The number of benzene rings is 1. The summed E-state index contributed by atoms with van der Waals surface area (Å²) >= 11 is 0. The molecule has 2 N–H and O–H groups in total. The number of hydrogen-bond donors (Lipinski definition) is 2. The Hall–Kier alpha value is -2.66. The topological polar surface area (TPSA) is 66.7 Å². The predicted molar refractivity (Wildman–Crippen MR) is 100 cm³/mol. The number of rotatable bonds is 3. The van der Waals surface area contributed by atoms with Crippen LogP contribution in [0.3, 0.4) is 0 Å². The largest absolute Gasteiger partial charge is 0.386 e. The summed E-state index contributed by atoms with van der Waals surface area (Å²) in [6.45, 7) is 5.75. The lowest BCUT2D eigenvalue weighted by Gasteiger charge is -2.17. The van der Waals surface area contributed by atoms with Gasteiger partial charge in [-0.25, -0.2) is 4.98 Å². The van der Waals surface area contributed by atoms with Crippen molar-refractivity contribution in [3.63, 3.8) is 0 Å². The van der Waals surface area contributed by atoms with E-state index >= 15 is 0 Å². The van der Waals surface area contributed by atoms with E-state index in [9.17, 15) is 5.11 Å². The molecule has 4 aromatic rings. The van der Waals surface area contributed by atoms with Crippen LogP contribution in [0.2, 0.25) is 0 Å². The number of aromatic amines is 1. The van der Waals surface area contributed by atoms with Gasteiger partial charge in [0, 0.05) is 24.0 Å². The summed E-state index contributed by atoms with van der Waals surface area (Å²) in [5, 5.41) is 16.7. The highest BCUT2D eigenvalue weighted by molar-refractivity contribution is 6.06. The molecule has 0 aliphatic heterocycles. The SMILES string of the molecule is CCc1c(-c2ccc(C(C)(C)O)cc2)[nH]c2ncc3cnn(C)c3c12. The van der Waals surface area contributed by atoms with E-state index < -0.39 is 5.60 Å². The zero-order chi connectivity index (χ0) is 17.8. The highest BCUT2D eigenvalue weighted by atomic mass is 16.3. The van der Waals surface area contributed by atoms with Gasteiger partial charge in [-0.05, 0) is 37.0 Å². The van der Waals surface area contributed by atoms with E-state index in [-0.39, 0.29) is 0 Å². The summed E-state index contributed by atoms with van der Waals surface area (Å²) in [6, 6.07) is 8.07. The van der Waals surface area contributed by atoms with Crippen LogP contribution in [-0.2, 0) is 19.1 Å². The van der Waals surface area contributed by atoms with Crippen LogP contribution in [-0.4, -0.2) is 24.9 Å². The van der Waals surface area contributed by atoms with Gasteiger partial charge in [0.05, 0.1) is 23.0 Å². The first-order valence-corrected chi connectivity index (χ1v) is 8.54. The first kappa shape index (κ1) is 15.8. The smallest absolute Gasteiger partial charge is 0.140 e. The van der Waals surface area contributed by atoms with Crippen LogP contribution in [0, 0.1) is 0 Å². The van der Waals surface area contributed by atoms with Gasteiger partial charge in [0.15, 0.2) is 0 Å². The van der Waals surface area contributed by atoms with Gasteiger partial charge >= 0.3 is 0 Å². The summed E-state index contributed by atoms with van der Waals surface area (Å²) in [4.78, 5) is 8.07. The molecule has 5 heteroatoms. The molecule has 0 bridgehead atoms. The Balaban J connectivity index is 1.96. The van der Waals surface area contributed by atoms with Crippen molar-refractivity contribution >= 4 is 21.9 Å². The molecule has 0 aliphatic carbocycles. The van der Waals surface area contributed by atoms with Crippen molar-refractivity contribution in [2.45, 2.75) is 32.8 Å². The van der Waals surface area contributed by atoms with E-state index in [4.69, 9.17) is 0 Å². The lowest BCUT2D eigenvalue weighted by molar-refractivity contribution is 0.0786. The van der Waals surface area contributed by atoms with Crippen molar-refractivity contribution in [2.24, 2.45) is 7.05 Å². The second-order valence-corrected chi connectivity index (χ2v) is 7.02. The third-order valence-electron chi connectivity index (χ3n) is 4.85. The third kappa shape index (κ3) is 2.43. The molecule has 4 rings (SSSR count). The van der Waals surface area contributed by atoms with Gasteiger partial charge in [-0.1, -0.05) is 31.2 Å². The number of hydrogen-bond acceptors (Lipinski definition) is 3.